The van der Waals surface area contributed by atoms with Gasteiger partial charge < -0.3 is 20.9 Å². The first-order chi connectivity index (χ1) is 16.3. The van der Waals surface area contributed by atoms with E-state index in [1.807, 2.05) is 61.5 Å². The van der Waals surface area contributed by atoms with Gasteiger partial charge in [-0.3, -0.25) is 9.59 Å². The van der Waals surface area contributed by atoms with Crippen LogP contribution in [0.1, 0.15) is 18.1 Å². The van der Waals surface area contributed by atoms with E-state index in [0.717, 1.165) is 22.3 Å². The highest BCUT2D eigenvalue weighted by atomic mass is 16.5. The fraction of sp³-hybridized carbons (Fsp3) is 0.222. The maximum Gasteiger partial charge on any atom is 0.341 e. The minimum Gasteiger partial charge on any atom is -0.482 e. The van der Waals surface area contributed by atoms with Gasteiger partial charge in [-0.25, -0.2) is 4.79 Å². The molecule has 0 heterocycles. The van der Waals surface area contributed by atoms with E-state index in [9.17, 15) is 14.4 Å². The molecular formula is C27H28N2O5. The van der Waals surface area contributed by atoms with Gasteiger partial charge in [-0.1, -0.05) is 73.7 Å². The Morgan fingerprint density at radius 3 is 2.00 bits per heavy atom. The van der Waals surface area contributed by atoms with E-state index in [0.29, 0.717) is 12.2 Å². The number of nitrogens with one attached hydrogen (secondary N) is 1. The number of carboxylic acids is 1. The summed E-state index contributed by atoms with van der Waals surface area (Å²) < 4.78 is 5.10. The molecule has 0 bridgehead atoms. The lowest BCUT2D eigenvalue weighted by atomic mass is 9.97. The van der Waals surface area contributed by atoms with E-state index in [1.54, 1.807) is 24.3 Å². The van der Waals surface area contributed by atoms with Crippen LogP contribution in [0.15, 0.2) is 78.9 Å². The Hall–Kier alpha value is -4.13. The Morgan fingerprint density at radius 2 is 1.41 bits per heavy atom. The van der Waals surface area contributed by atoms with Crippen molar-refractivity contribution in [3.05, 3.63) is 90.0 Å². The second-order valence-corrected chi connectivity index (χ2v) is 8.16. The van der Waals surface area contributed by atoms with Crippen LogP contribution in [-0.4, -0.2) is 35.5 Å². The molecule has 3 rings (SSSR count). The van der Waals surface area contributed by atoms with Crippen molar-refractivity contribution in [1.29, 1.82) is 0 Å². The number of carbonyl (C=O) groups is 3. The van der Waals surface area contributed by atoms with Gasteiger partial charge in [0.2, 0.25) is 11.8 Å². The third-order valence-corrected chi connectivity index (χ3v) is 5.44. The van der Waals surface area contributed by atoms with Crippen molar-refractivity contribution < 1.29 is 24.2 Å². The molecule has 0 aromatic heterocycles. The minimum absolute atomic E-state index is 0.221. The largest absolute Gasteiger partial charge is 0.482 e. The first kappa shape index (κ1) is 24.5. The van der Waals surface area contributed by atoms with E-state index < -0.39 is 24.5 Å². The standard InChI is InChI=1S/C27H28N2O5/c1-18(15-19-7-11-22(12-8-19)21-5-3-2-4-6-21)27(33)29-24(26(28)32)16-20-9-13-23(14-10-20)34-17-25(30)31/h2-14,18,24H,15-17H2,1H3,(H2,28,32)(H,29,33)(H,30,31)/t18-,24-/m0/s1. The van der Waals surface area contributed by atoms with Crippen molar-refractivity contribution in [2.24, 2.45) is 11.7 Å². The molecule has 2 atom stereocenters. The lowest BCUT2D eigenvalue weighted by Crippen LogP contribution is -2.47. The summed E-state index contributed by atoms with van der Waals surface area (Å²) in [6.45, 7) is 1.37. The van der Waals surface area contributed by atoms with E-state index in [2.05, 4.69) is 5.32 Å². The minimum atomic E-state index is -1.07. The van der Waals surface area contributed by atoms with Crippen LogP contribution in [0.25, 0.3) is 11.1 Å². The zero-order valence-corrected chi connectivity index (χ0v) is 18.9. The van der Waals surface area contributed by atoms with Crippen molar-refractivity contribution in [3.8, 4) is 16.9 Å². The normalized spacial score (nSPS) is 12.4. The summed E-state index contributed by atoms with van der Waals surface area (Å²) in [6.07, 6.45) is 0.751. The van der Waals surface area contributed by atoms with Gasteiger partial charge in [0.1, 0.15) is 11.8 Å². The number of amides is 2. The Kier molecular flexibility index (Phi) is 8.40. The highest BCUT2D eigenvalue weighted by molar-refractivity contribution is 5.87. The van der Waals surface area contributed by atoms with Gasteiger partial charge in [-0.15, -0.1) is 0 Å². The number of primary amides is 1. The van der Waals surface area contributed by atoms with Gasteiger partial charge in [0, 0.05) is 12.3 Å². The first-order valence-corrected chi connectivity index (χ1v) is 11.0. The summed E-state index contributed by atoms with van der Waals surface area (Å²) in [5.74, 6) is -1.90. The maximum atomic E-state index is 12.7. The molecular weight excluding hydrogens is 432 g/mol. The Labute approximate surface area is 198 Å². The molecule has 3 aromatic carbocycles. The molecule has 0 fully saturated rings. The second kappa shape index (κ2) is 11.7. The average molecular weight is 461 g/mol. The summed E-state index contributed by atoms with van der Waals surface area (Å²) in [6, 6.07) is 23.9. The van der Waals surface area contributed by atoms with Crippen LogP contribution in [0.2, 0.25) is 0 Å². The van der Waals surface area contributed by atoms with Crippen LogP contribution >= 0.6 is 0 Å². The number of hydrogen-bond acceptors (Lipinski definition) is 4. The fourth-order valence-corrected chi connectivity index (χ4v) is 3.55. The van der Waals surface area contributed by atoms with Crippen LogP contribution in [0, 0.1) is 5.92 Å². The smallest absolute Gasteiger partial charge is 0.341 e. The summed E-state index contributed by atoms with van der Waals surface area (Å²) >= 11 is 0. The molecule has 0 saturated carbocycles. The van der Waals surface area contributed by atoms with Crippen LogP contribution in [0.4, 0.5) is 0 Å². The molecule has 34 heavy (non-hydrogen) atoms. The zero-order valence-electron chi connectivity index (χ0n) is 18.9. The Bertz CT molecular complexity index is 1110. The lowest BCUT2D eigenvalue weighted by molar-refractivity contribution is -0.139. The van der Waals surface area contributed by atoms with E-state index in [-0.39, 0.29) is 18.2 Å². The number of carboxylic acid groups (broad SMARTS) is 1. The third-order valence-electron chi connectivity index (χ3n) is 5.44. The van der Waals surface area contributed by atoms with Gasteiger partial charge in [0.15, 0.2) is 6.61 Å². The SMILES string of the molecule is C[C@@H](Cc1ccc(-c2ccccc2)cc1)C(=O)N[C@@H](Cc1ccc(OCC(=O)O)cc1)C(N)=O. The van der Waals surface area contributed by atoms with E-state index >= 15 is 0 Å². The third kappa shape index (κ3) is 7.20. The van der Waals surface area contributed by atoms with Gasteiger partial charge in [0.25, 0.3) is 0 Å². The van der Waals surface area contributed by atoms with Gasteiger partial charge in [-0.05, 0) is 40.8 Å². The van der Waals surface area contributed by atoms with E-state index in [4.69, 9.17) is 15.6 Å². The number of ether oxygens (including phenoxy) is 1. The summed E-state index contributed by atoms with van der Waals surface area (Å²) in [7, 11) is 0. The van der Waals surface area contributed by atoms with Crippen LogP contribution < -0.4 is 15.8 Å². The predicted molar refractivity (Wildman–Crippen MR) is 129 cm³/mol. The summed E-state index contributed by atoms with van der Waals surface area (Å²) in [5.41, 5.74) is 9.54. The van der Waals surface area contributed by atoms with Crippen LogP contribution in [-0.2, 0) is 27.2 Å². The fourth-order valence-electron chi connectivity index (χ4n) is 3.55. The number of rotatable bonds is 11. The average Bonchev–Trinajstić information content (AvgIpc) is 2.84. The first-order valence-electron chi connectivity index (χ1n) is 11.0. The molecule has 0 aliphatic rings. The van der Waals surface area contributed by atoms with Crippen molar-refractivity contribution in [2.45, 2.75) is 25.8 Å². The van der Waals surface area contributed by atoms with Crippen LogP contribution in [0.3, 0.4) is 0 Å². The number of aliphatic carboxylic acids is 1. The maximum absolute atomic E-state index is 12.7. The number of hydrogen-bond donors (Lipinski definition) is 3. The molecule has 7 heteroatoms. The summed E-state index contributed by atoms with van der Waals surface area (Å²) in [4.78, 5) is 35.3. The van der Waals surface area contributed by atoms with Crippen molar-refractivity contribution in [3.63, 3.8) is 0 Å². The monoisotopic (exact) mass is 460 g/mol. The van der Waals surface area contributed by atoms with Crippen molar-refractivity contribution in [1.82, 2.24) is 5.32 Å². The number of carbonyl (C=O) groups excluding carboxylic acids is 2. The zero-order chi connectivity index (χ0) is 24.5. The molecule has 0 aliphatic carbocycles. The predicted octanol–water partition coefficient (Wildman–Crippen LogP) is 3.21. The van der Waals surface area contributed by atoms with Gasteiger partial charge in [0.05, 0.1) is 0 Å². The quantitative estimate of drug-likeness (QED) is 0.406. The molecule has 4 N–H and O–H groups in total. The Morgan fingerprint density at radius 1 is 0.853 bits per heavy atom. The molecule has 2 amide bonds. The molecule has 7 nitrogen and oxygen atoms in total. The molecule has 0 aliphatic heterocycles. The van der Waals surface area contributed by atoms with Crippen molar-refractivity contribution in [2.75, 3.05) is 6.61 Å². The van der Waals surface area contributed by atoms with Crippen molar-refractivity contribution >= 4 is 17.8 Å². The summed E-state index contributed by atoms with van der Waals surface area (Å²) in [5, 5.41) is 11.4. The number of nitrogens with two attached hydrogens (primary N) is 1. The molecule has 0 radical (unpaired) electrons. The number of benzene rings is 3. The van der Waals surface area contributed by atoms with Gasteiger partial charge in [-0.2, -0.15) is 0 Å². The topological polar surface area (TPSA) is 119 Å². The Balaban J connectivity index is 1.56. The highest BCUT2D eigenvalue weighted by Crippen LogP contribution is 2.20. The second-order valence-electron chi connectivity index (χ2n) is 8.16. The molecule has 0 unspecified atom stereocenters. The van der Waals surface area contributed by atoms with E-state index in [1.165, 1.54) is 0 Å². The molecule has 3 aromatic rings. The molecule has 0 spiro atoms. The lowest BCUT2D eigenvalue weighted by Gasteiger charge is -2.19. The van der Waals surface area contributed by atoms with Crippen LogP contribution in [0.5, 0.6) is 5.75 Å². The molecule has 0 saturated heterocycles. The molecule has 176 valence electrons. The highest BCUT2D eigenvalue weighted by Gasteiger charge is 2.22. The van der Waals surface area contributed by atoms with Gasteiger partial charge >= 0.3 is 5.97 Å².